The van der Waals surface area contributed by atoms with Gasteiger partial charge < -0.3 is 19.5 Å². The van der Waals surface area contributed by atoms with Gasteiger partial charge in [0.05, 0.1) is 29.9 Å². The molecule has 7 nitrogen and oxygen atoms in total. The zero-order chi connectivity index (χ0) is 22.3. The number of para-hydroxylation sites is 2. The molecule has 0 amide bonds. The summed E-state index contributed by atoms with van der Waals surface area (Å²) in [6.07, 6.45) is 3.50. The fourth-order valence-electron chi connectivity index (χ4n) is 4.20. The number of hydrogen-bond donors (Lipinski definition) is 1. The number of likely N-dealkylation sites (tertiary alicyclic amines) is 1. The van der Waals surface area contributed by atoms with Crippen molar-refractivity contribution in [3.05, 3.63) is 66.0 Å². The van der Waals surface area contributed by atoms with Crippen LogP contribution in [-0.2, 0) is 22.6 Å². The third-order valence-electron chi connectivity index (χ3n) is 5.98. The van der Waals surface area contributed by atoms with Crippen molar-refractivity contribution in [1.82, 2.24) is 19.8 Å². The summed E-state index contributed by atoms with van der Waals surface area (Å²) in [4.78, 5) is 23.1. The van der Waals surface area contributed by atoms with Crippen molar-refractivity contribution in [1.29, 1.82) is 0 Å². The number of guanidine groups is 1. The molecule has 1 aliphatic rings. The maximum Gasteiger partial charge on any atom is 0.309 e. The van der Waals surface area contributed by atoms with E-state index in [-0.39, 0.29) is 35.9 Å². The van der Waals surface area contributed by atoms with Gasteiger partial charge in [-0.3, -0.25) is 9.79 Å². The number of aliphatic imine (C=N–C) groups is 1. The number of hydrogen-bond acceptors (Lipinski definition) is 4. The fraction of sp³-hybridized carbons (Fsp3) is 0.400. The van der Waals surface area contributed by atoms with Gasteiger partial charge in [-0.25, -0.2) is 4.98 Å². The molecule has 33 heavy (non-hydrogen) atoms. The molecular formula is C25H32IN5O2. The number of aromatic nitrogens is 2. The number of benzene rings is 2. The number of nitrogens with zero attached hydrogens (tertiary/aromatic N) is 4. The lowest BCUT2D eigenvalue weighted by atomic mass is 9.97. The number of esters is 1. The summed E-state index contributed by atoms with van der Waals surface area (Å²) >= 11 is 0. The van der Waals surface area contributed by atoms with E-state index in [4.69, 9.17) is 4.74 Å². The first-order valence-corrected chi connectivity index (χ1v) is 11.3. The van der Waals surface area contributed by atoms with Crippen molar-refractivity contribution in [3.8, 4) is 0 Å². The predicted octanol–water partition coefficient (Wildman–Crippen LogP) is 4.05. The average molecular weight is 561 g/mol. The van der Waals surface area contributed by atoms with Crippen LogP contribution in [0.1, 0.15) is 30.9 Å². The summed E-state index contributed by atoms with van der Waals surface area (Å²) in [5.41, 5.74) is 4.61. The molecule has 1 aliphatic heterocycles. The minimum Gasteiger partial charge on any atom is -0.466 e. The quantitative estimate of drug-likeness (QED) is 0.213. The molecule has 1 N–H and O–H groups in total. The fourth-order valence-corrected chi connectivity index (χ4v) is 4.20. The number of imidazole rings is 1. The number of rotatable bonds is 6. The molecule has 0 atom stereocenters. The topological polar surface area (TPSA) is 71.8 Å². The van der Waals surface area contributed by atoms with Crippen molar-refractivity contribution in [2.75, 3.05) is 26.7 Å². The van der Waals surface area contributed by atoms with Crippen LogP contribution in [0.25, 0.3) is 11.0 Å². The molecular weight excluding hydrogens is 529 g/mol. The van der Waals surface area contributed by atoms with Crippen LogP contribution in [0.5, 0.6) is 0 Å². The number of piperidine rings is 1. The lowest BCUT2D eigenvalue weighted by Gasteiger charge is -2.33. The van der Waals surface area contributed by atoms with E-state index >= 15 is 0 Å². The molecule has 0 radical (unpaired) electrons. The maximum absolute atomic E-state index is 12.0. The lowest BCUT2D eigenvalue weighted by molar-refractivity contribution is -0.149. The summed E-state index contributed by atoms with van der Waals surface area (Å²) in [5, 5.41) is 3.46. The molecule has 1 fully saturated rings. The number of ether oxygens (including phenoxy) is 1. The van der Waals surface area contributed by atoms with E-state index in [2.05, 4.69) is 55.1 Å². The van der Waals surface area contributed by atoms with Gasteiger partial charge in [-0.15, -0.1) is 24.0 Å². The van der Waals surface area contributed by atoms with Gasteiger partial charge in [0.2, 0.25) is 0 Å². The molecule has 0 aliphatic carbocycles. The highest BCUT2D eigenvalue weighted by Gasteiger charge is 2.27. The molecule has 0 saturated carbocycles. The number of nitrogens with one attached hydrogen (secondary N) is 1. The molecule has 2 heterocycles. The van der Waals surface area contributed by atoms with Crippen LogP contribution in [0.15, 0.2) is 59.9 Å². The summed E-state index contributed by atoms with van der Waals surface area (Å²) in [5.74, 6) is 0.810. The Labute approximate surface area is 212 Å². The first-order chi connectivity index (χ1) is 15.7. The zero-order valence-electron chi connectivity index (χ0n) is 19.2. The standard InChI is InChI=1S/C25H31N5O2.HI/c1-3-32-24(31)21-12-14-29(15-13-21)25(26-2)27-16-19-8-10-20(11-9-19)17-30-18-28-22-6-4-5-7-23(22)30;/h4-11,18,21H,3,12-17H2,1-2H3,(H,26,27);1H. The van der Waals surface area contributed by atoms with Crippen molar-refractivity contribution in [2.45, 2.75) is 32.9 Å². The minimum atomic E-state index is -0.0705. The Morgan fingerprint density at radius 2 is 1.82 bits per heavy atom. The highest BCUT2D eigenvalue weighted by molar-refractivity contribution is 14.0. The van der Waals surface area contributed by atoms with Gasteiger partial charge in [0.25, 0.3) is 0 Å². The number of carbonyl (C=O) groups excluding carboxylic acids is 1. The van der Waals surface area contributed by atoms with E-state index in [1.807, 2.05) is 31.5 Å². The highest BCUT2D eigenvalue weighted by Crippen LogP contribution is 2.19. The van der Waals surface area contributed by atoms with Gasteiger partial charge in [0, 0.05) is 33.2 Å². The Bertz CT molecular complexity index is 1070. The average Bonchev–Trinajstić information content (AvgIpc) is 3.24. The molecule has 0 spiro atoms. The van der Waals surface area contributed by atoms with Crippen molar-refractivity contribution in [3.63, 3.8) is 0 Å². The van der Waals surface area contributed by atoms with Crippen LogP contribution in [0.2, 0.25) is 0 Å². The normalized spacial score (nSPS) is 14.7. The van der Waals surface area contributed by atoms with Gasteiger partial charge in [-0.2, -0.15) is 0 Å². The lowest BCUT2D eigenvalue weighted by Crippen LogP contribution is -2.46. The van der Waals surface area contributed by atoms with E-state index in [0.29, 0.717) is 13.2 Å². The van der Waals surface area contributed by atoms with Crippen molar-refractivity contribution in [2.24, 2.45) is 10.9 Å². The number of carbonyl (C=O) groups is 1. The second-order valence-electron chi connectivity index (χ2n) is 8.09. The van der Waals surface area contributed by atoms with Crippen molar-refractivity contribution < 1.29 is 9.53 Å². The van der Waals surface area contributed by atoms with E-state index < -0.39 is 0 Å². The Kier molecular flexibility index (Phi) is 9.11. The monoisotopic (exact) mass is 561 g/mol. The van der Waals surface area contributed by atoms with Crippen LogP contribution >= 0.6 is 24.0 Å². The second-order valence-corrected chi connectivity index (χ2v) is 8.09. The summed E-state index contributed by atoms with van der Waals surface area (Å²) in [6.45, 7) is 5.41. The summed E-state index contributed by atoms with van der Waals surface area (Å²) in [7, 11) is 1.80. The van der Waals surface area contributed by atoms with E-state index in [1.165, 1.54) is 11.1 Å². The third kappa shape index (κ3) is 6.25. The van der Waals surface area contributed by atoms with Crippen LogP contribution in [0, 0.1) is 5.92 Å². The molecule has 3 aromatic rings. The smallest absolute Gasteiger partial charge is 0.309 e. The van der Waals surface area contributed by atoms with Crippen LogP contribution < -0.4 is 5.32 Å². The third-order valence-corrected chi connectivity index (χ3v) is 5.98. The van der Waals surface area contributed by atoms with Gasteiger partial charge >= 0.3 is 5.97 Å². The van der Waals surface area contributed by atoms with Crippen LogP contribution in [-0.4, -0.2) is 53.1 Å². The van der Waals surface area contributed by atoms with Gasteiger partial charge in [0.1, 0.15) is 0 Å². The summed E-state index contributed by atoms with van der Waals surface area (Å²) in [6, 6.07) is 16.8. The first kappa shape index (κ1) is 25.0. The Hall–Kier alpha value is -2.62. The summed E-state index contributed by atoms with van der Waals surface area (Å²) < 4.78 is 7.33. The molecule has 4 rings (SSSR count). The molecule has 2 aromatic carbocycles. The van der Waals surface area contributed by atoms with Gasteiger partial charge in [0.15, 0.2) is 5.96 Å². The first-order valence-electron chi connectivity index (χ1n) is 11.3. The predicted molar refractivity (Wildman–Crippen MR) is 142 cm³/mol. The second kappa shape index (κ2) is 12.0. The van der Waals surface area contributed by atoms with Crippen LogP contribution in [0.4, 0.5) is 0 Å². The Morgan fingerprint density at radius 3 is 2.52 bits per heavy atom. The zero-order valence-corrected chi connectivity index (χ0v) is 21.6. The SMILES string of the molecule is CCOC(=O)C1CCN(C(=NC)NCc2ccc(Cn3cnc4ccccc43)cc2)CC1.I. The molecule has 0 bridgehead atoms. The van der Waals surface area contributed by atoms with Crippen LogP contribution in [0.3, 0.4) is 0 Å². The Morgan fingerprint density at radius 1 is 1.12 bits per heavy atom. The van der Waals surface area contributed by atoms with E-state index in [1.54, 1.807) is 7.05 Å². The molecule has 0 unspecified atom stereocenters. The highest BCUT2D eigenvalue weighted by atomic mass is 127. The number of fused-ring (bicyclic) bond motifs is 1. The molecule has 8 heteroatoms. The molecule has 1 aromatic heterocycles. The van der Waals surface area contributed by atoms with E-state index in [0.717, 1.165) is 49.5 Å². The van der Waals surface area contributed by atoms with Crippen molar-refractivity contribution >= 4 is 46.9 Å². The maximum atomic E-state index is 12.0. The number of halogens is 1. The van der Waals surface area contributed by atoms with Gasteiger partial charge in [-0.05, 0) is 43.0 Å². The van der Waals surface area contributed by atoms with E-state index in [9.17, 15) is 4.79 Å². The largest absolute Gasteiger partial charge is 0.466 e. The molecule has 176 valence electrons. The minimum absolute atomic E-state index is 0. The Balaban J connectivity index is 0.00000306. The van der Waals surface area contributed by atoms with Gasteiger partial charge in [-0.1, -0.05) is 36.4 Å². The molecule has 1 saturated heterocycles.